The molecule has 2 rings (SSSR count). The third-order valence-corrected chi connectivity index (χ3v) is 4.40. The first-order chi connectivity index (χ1) is 8.90. The minimum absolute atomic E-state index is 0.0897. The summed E-state index contributed by atoms with van der Waals surface area (Å²) in [4.78, 5) is 5.48. The number of hydrogen-bond donors (Lipinski definition) is 1. The monoisotopic (exact) mass is 275 g/mol. The summed E-state index contributed by atoms with van der Waals surface area (Å²) >= 11 is 1.60. The number of aliphatic hydroxyl groups excluding tert-OH is 1. The normalized spacial score (nSPS) is 11.8. The molecule has 0 unspecified atom stereocenters. The second-order valence-corrected chi connectivity index (χ2v) is 7.07. The van der Waals surface area contributed by atoms with E-state index >= 15 is 0 Å². The smallest absolute Gasteiger partial charge is 0.0975 e. The zero-order chi connectivity index (χ0) is 14.0. The van der Waals surface area contributed by atoms with Crippen LogP contribution in [0.5, 0.6) is 0 Å². The maximum Gasteiger partial charge on any atom is 0.0975 e. The van der Waals surface area contributed by atoms with E-state index in [1.54, 1.807) is 11.3 Å². The highest BCUT2D eigenvalue weighted by molar-refractivity contribution is 7.11. The van der Waals surface area contributed by atoms with Gasteiger partial charge < -0.3 is 5.11 Å². The quantitative estimate of drug-likeness (QED) is 0.923. The maximum atomic E-state index is 9.19. The minimum atomic E-state index is 0.0897. The average molecular weight is 275 g/mol. The molecule has 2 nitrogen and oxygen atoms in total. The van der Waals surface area contributed by atoms with E-state index in [4.69, 9.17) is 0 Å². The van der Waals surface area contributed by atoms with Gasteiger partial charge in [-0.15, -0.1) is 11.3 Å². The summed E-state index contributed by atoms with van der Waals surface area (Å²) in [5.74, 6) is 0. The third-order valence-electron chi connectivity index (χ3n) is 3.26. The van der Waals surface area contributed by atoms with E-state index in [1.807, 2.05) is 6.92 Å². The van der Waals surface area contributed by atoms with Crippen molar-refractivity contribution in [2.75, 3.05) is 0 Å². The summed E-state index contributed by atoms with van der Waals surface area (Å²) in [7, 11) is 0. The Morgan fingerprint density at radius 2 is 1.79 bits per heavy atom. The topological polar surface area (TPSA) is 33.1 Å². The lowest BCUT2D eigenvalue weighted by Crippen LogP contribution is -2.10. The third kappa shape index (κ3) is 3.43. The van der Waals surface area contributed by atoms with Crippen LogP contribution in [0.25, 0.3) is 0 Å². The first-order valence-corrected chi connectivity index (χ1v) is 7.37. The average Bonchev–Trinajstić information content (AvgIpc) is 2.69. The minimum Gasteiger partial charge on any atom is -0.391 e. The van der Waals surface area contributed by atoms with E-state index in [1.165, 1.54) is 11.1 Å². The fourth-order valence-corrected chi connectivity index (χ4v) is 2.97. The molecule has 1 aromatic carbocycles. The fourth-order valence-electron chi connectivity index (χ4n) is 2.01. The molecular weight excluding hydrogens is 254 g/mol. The van der Waals surface area contributed by atoms with Gasteiger partial charge in [0.05, 0.1) is 22.2 Å². The lowest BCUT2D eigenvalue weighted by Gasteiger charge is -2.19. The Morgan fingerprint density at radius 1 is 1.16 bits per heavy atom. The number of aryl methyl sites for hydroxylation is 1. The number of hydrogen-bond acceptors (Lipinski definition) is 3. The van der Waals surface area contributed by atoms with Gasteiger partial charge >= 0.3 is 0 Å². The summed E-state index contributed by atoms with van der Waals surface area (Å²) in [6, 6.07) is 8.75. The highest BCUT2D eigenvalue weighted by atomic mass is 32.1. The molecule has 0 aliphatic carbocycles. The second kappa shape index (κ2) is 5.43. The van der Waals surface area contributed by atoms with Crippen molar-refractivity contribution < 1.29 is 5.11 Å². The molecule has 1 heterocycles. The van der Waals surface area contributed by atoms with E-state index in [0.29, 0.717) is 0 Å². The predicted octanol–water partition coefficient (Wildman–Crippen LogP) is 3.83. The summed E-state index contributed by atoms with van der Waals surface area (Å²) in [6.45, 7) is 8.71. The van der Waals surface area contributed by atoms with Crippen LogP contribution in [0, 0.1) is 6.92 Å². The molecule has 0 aliphatic rings. The number of benzene rings is 1. The van der Waals surface area contributed by atoms with Crippen LogP contribution in [0.4, 0.5) is 0 Å². The van der Waals surface area contributed by atoms with Crippen LogP contribution in [0.1, 0.15) is 47.5 Å². The van der Waals surface area contributed by atoms with Gasteiger partial charge in [0.1, 0.15) is 0 Å². The van der Waals surface area contributed by atoms with Gasteiger partial charge in [0, 0.05) is 6.42 Å². The molecule has 1 aromatic heterocycles. The van der Waals surface area contributed by atoms with Crippen LogP contribution < -0.4 is 0 Å². The highest BCUT2D eigenvalue weighted by Crippen LogP contribution is 2.24. The van der Waals surface area contributed by atoms with Gasteiger partial charge in [-0.25, -0.2) is 4.98 Å². The lowest BCUT2D eigenvalue weighted by atomic mass is 9.86. The first kappa shape index (κ1) is 14.2. The van der Waals surface area contributed by atoms with Crippen LogP contribution >= 0.6 is 11.3 Å². The van der Waals surface area contributed by atoms with Gasteiger partial charge in [-0.2, -0.15) is 0 Å². The molecule has 1 N–H and O–H groups in total. The molecule has 0 radical (unpaired) electrons. The standard InChI is InChI=1S/C16H21NOS/c1-11-14(10-18)19-15(17-11)9-12-5-7-13(8-6-12)16(2,3)4/h5-8,18H,9-10H2,1-4H3. The zero-order valence-electron chi connectivity index (χ0n) is 12.0. The van der Waals surface area contributed by atoms with Gasteiger partial charge in [-0.1, -0.05) is 45.0 Å². The van der Waals surface area contributed by atoms with E-state index < -0.39 is 0 Å². The second-order valence-electron chi connectivity index (χ2n) is 5.90. The van der Waals surface area contributed by atoms with Crippen LogP contribution in [0.3, 0.4) is 0 Å². The predicted molar refractivity (Wildman–Crippen MR) is 80.7 cm³/mol. The molecule has 3 heteroatoms. The van der Waals surface area contributed by atoms with Gasteiger partial charge in [-0.3, -0.25) is 0 Å². The summed E-state index contributed by atoms with van der Waals surface area (Å²) in [5.41, 5.74) is 3.77. The number of nitrogens with zero attached hydrogens (tertiary/aromatic N) is 1. The van der Waals surface area contributed by atoms with Crippen molar-refractivity contribution in [3.8, 4) is 0 Å². The van der Waals surface area contributed by atoms with Crippen LogP contribution in [-0.4, -0.2) is 10.1 Å². The summed E-state index contributed by atoms with van der Waals surface area (Å²) in [6.07, 6.45) is 0.843. The van der Waals surface area contributed by atoms with Gasteiger partial charge in [0.25, 0.3) is 0 Å². The molecule has 0 saturated heterocycles. The highest BCUT2D eigenvalue weighted by Gasteiger charge is 2.13. The Kier molecular flexibility index (Phi) is 4.07. The van der Waals surface area contributed by atoms with Crippen molar-refractivity contribution in [1.82, 2.24) is 4.98 Å². The molecule has 19 heavy (non-hydrogen) atoms. The van der Waals surface area contributed by atoms with Crippen LogP contribution in [0.15, 0.2) is 24.3 Å². The van der Waals surface area contributed by atoms with Crippen molar-refractivity contribution in [2.24, 2.45) is 0 Å². The lowest BCUT2D eigenvalue weighted by molar-refractivity contribution is 0.284. The van der Waals surface area contributed by atoms with Crippen LogP contribution in [-0.2, 0) is 18.4 Å². The molecule has 0 fully saturated rings. The van der Waals surface area contributed by atoms with Crippen molar-refractivity contribution >= 4 is 11.3 Å². The van der Waals surface area contributed by atoms with Crippen molar-refractivity contribution in [1.29, 1.82) is 0 Å². The fraction of sp³-hybridized carbons (Fsp3) is 0.438. The van der Waals surface area contributed by atoms with Crippen molar-refractivity contribution in [2.45, 2.75) is 46.1 Å². The SMILES string of the molecule is Cc1nc(Cc2ccc(C(C)(C)C)cc2)sc1CO. The molecule has 102 valence electrons. The summed E-state index contributed by atoms with van der Waals surface area (Å²) in [5, 5.41) is 10.3. The molecule has 0 saturated carbocycles. The Balaban J connectivity index is 2.15. The van der Waals surface area contributed by atoms with Crippen LogP contribution in [0.2, 0.25) is 0 Å². The van der Waals surface area contributed by atoms with E-state index in [2.05, 4.69) is 50.0 Å². The Labute approximate surface area is 119 Å². The number of rotatable bonds is 3. The molecule has 0 amide bonds. The number of aromatic nitrogens is 1. The maximum absolute atomic E-state index is 9.19. The van der Waals surface area contributed by atoms with Crippen molar-refractivity contribution in [3.05, 3.63) is 51.0 Å². The molecule has 0 bridgehead atoms. The van der Waals surface area contributed by atoms with Crippen molar-refractivity contribution in [3.63, 3.8) is 0 Å². The summed E-state index contributed by atoms with van der Waals surface area (Å²) < 4.78 is 0. The van der Waals surface area contributed by atoms with Gasteiger partial charge in [0.2, 0.25) is 0 Å². The zero-order valence-corrected chi connectivity index (χ0v) is 12.8. The van der Waals surface area contributed by atoms with E-state index in [-0.39, 0.29) is 12.0 Å². The van der Waals surface area contributed by atoms with E-state index in [9.17, 15) is 5.11 Å². The largest absolute Gasteiger partial charge is 0.391 e. The van der Waals surface area contributed by atoms with Gasteiger partial charge in [0.15, 0.2) is 0 Å². The Hall–Kier alpha value is -1.19. The molecule has 0 spiro atoms. The first-order valence-electron chi connectivity index (χ1n) is 6.55. The molecule has 2 aromatic rings. The number of thiazole rings is 1. The Bertz CT molecular complexity index is 549. The molecule has 0 atom stereocenters. The molecular formula is C16H21NOS. The number of aliphatic hydroxyl groups is 1. The van der Waals surface area contributed by atoms with E-state index in [0.717, 1.165) is 22.0 Å². The van der Waals surface area contributed by atoms with Gasteiger partial charge in [-0.05, 0) is 23.5 Å². The molecule has 0 aliphatic heterocycles. The Morgan fingerprint density at radius 3 is 2.26 bits per heavy atom.